The molecule has 0 atom stereocenters. The van der Waals surface area contributed by atoms with Crippen LogP contribution in [0.15, 0.2) is 11.9 Å². The lowest BCUT2D eigenvalue weighted by Crippen LogP contribution is -2.62. The van der Waals surface area contributed by atoms with Crippen LogP contribution in [-0.4, -0.2) is 42.8 Å². The number of alkyl halides is 15. The zero-order valence-corrected chi connectivity index (χ0v) is 12.5. The van der Waals surface area contributed by atoms with Gasteiger partial charge in [-0.15, -0.1) is 13.2 Å². The summed E-state index contributed by atoms with van der Waals surface area (Å²) in [6, 6.07) is 0. The first-order valence-electron chi connectivity index (χ1n) is 5.88. The smallest absolute Gasteiger partial charge is 0.243 e. The second-order valence-corrected chi connectivity index (χ2v) is 4.48. The minimum absolute atomic E-state index is 1.25. The molecule has 0 aromatic rings. The van der Waals surface area contributed by atoms with Crippen molar-refractivity contribution in [2.24, 2.45) is 0 Å². The Bertz CT molecular complexity index is 644. The van der Waals surface area contributed by atoms with Crippen LogP contribution in [0.1, 0.15) is 0 Å². The fourth-order valence-corrected chi connectivity index (χ4v) is 1.04. The quantitative estimate of drug-likeness (QED) is 0.353. The van der Waals surface area contributed by atoms with Gasteiger partial charge in [0.2, 0.25) is 0 Å². The lowest BCUT2D eigenvalue weighted by atomic mass is 10.3. The highest BCUT2D eigenvalue weighted by Crippen LogP contribution is 2.53. The summed E-state index contributed by atoms with van der Waals surface area (Å²) in [7, 11) is 0. The Balaban J connectivity index is 5.95. The molecule has 0 radical (unpaired) electrons. The largest absolute Gasteiger partial charge is 0.527 e. The van der Waals surface area contributed by atoms with Crippen molar-refractivity contribution in [2.45, 2.75) is 42.8 Å². The van der Waals surface area contributed by atoms with E-state index < -0.39 is 54.7 Å². The molecule has 0 aliphatic rings. The van der Waals surface area contributed by atoms with Crippen LogP contribution in [0, 0.1) is 0 Å². The summed E-state index contributed by atoms with van der Waals surface area (Å²) in [6.07, 6.45) is -48.1. The van der Waals surface area contributed by atoms with Crippen molar-refractivity contribution in [3.63, 3.8) is 0 Å². The van der Waals surface area contributed by atoms with Gasteiger partial charge in [-0.3, -0.25) is 0 Å². The molecule has 0 aliphatic heterocycles. The SMILES string of the molecule is FC(F)=C(F)C(F)(F)OC(F)(F)C(F)(F)OC(F)(F)C(F)(F)C(F)(F)OC(F)(F)F. The van der Waals surface area contributed by atoms with Crippen molar-refractivity contribution in [3.05, 3.63) is 11.9 Å². The van der Waals surface area contributed by atoms with Gasteiger partial charge in [-0.25, -0.2) is 14.2 Å². The Morgan fingerprint density at radius 1 is 0.433 bits per heavy atom. The predicted octanol–water partition coefficient (Wildman–Crippen LogP) is 6.23. The van der Waals surface area contributed by atoms with Crippen molar-refractivity contribution >= 4 is 0 Å². The van der Waals surface area contributed by atoms with Gasteiger partial charge in [0.1, 0.15) is 0 Å². The number of hydrogen-bond donors (Lipinski definition) is 0. The lowest BCUT2D eigenvalue weighted by Gasteiger charge is -2.35. The molecule has 0 unspecified atom stereocenters. The topological polar surface area (TPSA) is 27.7 Å². The van der Waals surface area contributed by atoms with Crippen molar-refractivity contribution in [2.75, 3.05) is 0 Å². The second kappa shape index (κ2) is 7.80. The molecule has 0 saturated heterocycles. The first-order chi connectivity index (χ1) is 12.7. The molecule has 180 valence electrons. The maximum Gasteiger partial charge on any atom is 0.527 e. The number of halogens is 18. The van der Waals surface area contributed by atoms with Crippen LogP contribution in [0.5, 0.6) is 0 Å². The molecule has 30 heavy (non-hydrogen) atoms. The highest BCUT2D eigenvalue weighted by atomic mass is 19.4. The number of ether oxygens (including phenoxy) is 3. The van der Waals surface area contributed by atoms with E-state index in [-0.39, 0.29) is 0 Å². The fraction of sp³-hybridized carbons (Fsp3) is 0.778. The highest BCUT2D eigenvalue weighted by molar-refractivity contribution is 5.00. The predicted molar refractivity (Wildman–Crippen MR) is 49.3 cm³/mol. The molecule has 0 aliphatic carbocycles. The summed E-state index contributed by atoms with van der Waals surface area (Å²) in [4.78, 5) is 0. The molecular weight excluding hydrogens is 498 g/mol. The van der Waals surface area contributed by atoms with Crippen molar-refractivity contribution < 1.29 is 93.2 Å². The third kappa shape index (κ3) is 5.95. The van der Waals surface area contributed by atoms with Crippen LogP contribution >= 0.6 is 0 Å². The molecule has 0 aromatic carbocycles. The number of hydrogen-bond acceptors (Lipinski definition) is 3. The van der Waals surface area contributed by atoms with E-state index in [4.69, 9.17) is 0 Å². The molecular formula is C9F18O3. The normalized spacial score (nSPS) is 15.4. The Labute approximate surface area is 149 Å². The molecule has 0 amide bonds. The third-order valence-electron chi connectivity index (χ3n) is 2.25. The van der Waals surface area contributed by atoms with Gasteiger partial charge < -0.3 is 0 Å². The van der Waals surface area contributed by atoms with Gasteiger partial charge in [0.25, 0.3) is 5.83 Å². The molecule has 0 saturated carbocycles. The van der Waals surface area contributed by atoms with Gasteiger partial charge in [-0.05, 0) is 0 Å². The van der Waals surface area contributed by atoms with Crippen LogP contribution in [0.25, 0.3) is 0 Å². The summed E-state index contributed by atoms with van der Waals surface area (Å²) < 4.78 is 227. The Hall–Kier alpha value is -1.64. The molecule has 3 nitrogen and oxygen atoms in total. The minimum atomic E-state index is -7.85. The first-order valence-corrected chi connectivity index (χ1v) is 5.88. The molecule has 0 aromatic heterocycles. The van der Waals surface area contributed by atoms with Gasteiger partial charge in [-0.2, -0.15) is 65.9 Å². The third-order valence-corrected chi connectivity index (χ3v) is 2.25. The molecule has 0 spiro atoms. The van der Waals surface area contributed by atoms with Crippen LogP contribution in [0.3, 0.4) is 0 Å². The van der Waals surface area contributed by atoms with Crippen LogP contribution in [0.2, 0.25) is 0 Å². The second-order valence-electron chi connectivity index (χ2n) is 4.48. The summed E-state index contributed by atoms with van der Waals surface area (Å²) in [5.41, 5.74) is 0. The van der Waals surface area contributed by atoms with E-state index >= 15 is 0 Å². The molecule has 21 heteroatoms. The van der Waals surface area contributed by atoms with E-state index in [0.717, 1.165) is 0 Å². The van der Waals surface area contributed by atoms with Crippen molar-refractivity contribution in [1.82, 2.24) is 0 Å². The summed E-state index contributed by atoms with van der Waals surface area (Å²) in [5, 5.41) is 0. The zero-order valence-electron chi connectivity index (χ0n) is 12.5. The van der Waals surface area contributed by atoms with E-state index in [0.29, 0.717) is 0 Å². The summed E-state index contributed by atoms with van der Waals surface area (Å²) >= 11 is 0. The van der Waals surface area contributed by atoms with E-state index in [1.807, 2.05) is 0 Å². The monoisotopic (exact) mass is 498 g/mol. The van der Waals surface area contributed by atoms with Crippen LogP contribution in [-0.2, 0) is 14.2 Å². The van der Waals surface area contributed by atoms with Gasteiger partial charge in [0.05, 0.1) is 0 Å². The molecule has 0 bridgehead atoms. The first kappa shape index (κ1) is 28.4. The Morgan fingerprint density at radius 2 is 0.767 bits per heavy atom. The maximum atomic E-state index is 12.9. The Kier molecular flexibility index (Phi) is 7.38. The van der Waals surface area contributed by atoms with E-state index in [1.54, 1.807) is 0 Å². The van der Waals surface area contributed by atoms with Crippen LogP contribution in [0.4, 0.5) is 79.0 Å². The van der Waals surface area contributed by atoms with E-state index in [1.165, 1.54) is 14.2 Å². The molecule has 0 rings (SSSR count). The Morgan fingerprint density at radius 3 is 1.10 bits per heavy atom. The molecule has 0 N–H and O–H groups in total. The van der Waals surface area contributed by atoms with E-state index in [2.05, 4.69) is 0 Å². The molecule has 0 fully saturated rings. The van der Waals surface area contributed by atoms with Crippen LogP contribution < -0.4 is 0 Å². The minimum Gasteiger partial charge on any atom is -0.243 e. The standard InChI is InChI=1S/C9F18O3/c10-1(2(11)12)3(13,14)28-7(21,22)8(23,24)29-5(17,18)4(15,16)6(19,20)30-9(25,26)27. The van der Waals surface area contributed by atoms with Crippen molar-refractivity contribution in [1.29, 1.82) is 0 Å². The van der Waals surface area contributed by atoms with Crippen molar-refractivity contribution in [3.8, 4) is 0 Å². The number of rotatable bonds is 9. The van der Waals surface area contributed by atoms with Gasteiger partial charge in [-0.1, -0.05) is 0 Å². The van der Waals surface area contributed by atoms with Gasteiger partial charge in [0.15, 0.2) is 0 Å². The summed E-state index contributed by atoms with van der Waals surface area (Å²) in [5.74, 6) is -12.2. The van der Waals surface area contributed by atoms with E-state index in [9.17, 15) is 79.0 Å². The summed E-state index contributed by atoms with van der Waals surface area (Å²) in [6.45, 7) is 0. The fourth-order valence-electron chi connectivity index (χ4n) is 1.04. The average molecular weight is 498 g/mol. The molecule has 0 heterocycles. The van der Waals surface area contributed by atoms with Gasteiger partial charge in [0, 0.05) is 0 Å². The maximum absolute atomic E-state index is 12.9. The highest BCUT2D eigenvalue weighted by Gasteiger charge is 2.80. The average Bonchev–Trinajstić information content (AvgIpc) is 2.40. The lowest BCUT2D eigenvalue weighted by molar-refractivity contribution is -0.555. The zero-order chi connectivity index (χ0) is 24.8. The van der Waals surface area contributed by atoms with Gasteiger partial charge >= 0.3 is 48.9 Å².